The van der Waals surface area contributed by atoms with E-state index in [-0.39, 0.29) is 0 Å². The predicted molar refractivity (Wildman–Crippen MR) is 61.3 cm³/mol. The summed E-state index contributed by atoms with van der Waals surface area (Å²) in [5.74, 6) is -0.708. The second-order valence-corrected chi connectivity index (χ2v) is 7.05. The molecule has 4 nitrogen and oxygen atoms in total. The Morgan fingerprint density at radius 1 is 1.05 bits per heavy atom. The highest BCUT2D eigenvalue weighted by Gasteiger charge is 2.48. The standard InChI is InChI=1S/C11H16F3NO3S/c12-11(13,14)19(17,18)15-10(16)9-5-4-7-2-1-3-8(7)6-9/h7-9H,1-6H2,(H,15,16). The monoisotopic (exact) mass is 299 g/mol. The van der Waals surface area contributed by atoms with Gasteiger partial charge in [-0.25, -0.2) is 4.72 Å². The fraction of sp³-hybridized carbons (Fsp3) is 0.909. The summed E-state index contributed by atoms with van der Waals surface area (Å²) in [4.78, 5) is 11.7. The molecule has 3 unspecified atom stereocenters. The van der Waals surface area contributed by atoms with E-state index in [2.05, 4.69) is 0 Å². The van der Waals surface area contributed by atoms with E-state index in [0.29, 0.717) is 24.7 Å². The van der Waals surface area contributed by atoms with Gasteiger partial charge in [-0.1, -0.05) is 19.3 Å². The fourth-order valence-electron chi connectivity index (χ4n) is 3.21. The Labute approximate surface area is 109 Å². The topological polar surface area (TPSA) is 63.2 Å². The van der Waals surface area contributed by atoms with E-state index in [1.165, 1.54) is 0 Å². The van der Waals surface area contributed by atoms with Crippen molar-refractivity contribution < 1.29 is 26.4 Å². The Hall–Kier alpha value is -0.790. The molecule has 8 heteroatoms. The van der Waals surface area contributed by atoms with E-state index in [1.807, 2.05) is 0 Å². The molecule has 2 fully saturated rings. The van der Waals surface area contributed by atoms with Crippen LogP contribution < -0.4 is 4.72 Å². The third-order valence-corrected chi connectivity index (χ3v) is 5.28. The normalized spacial score (nSPS) is 31.8. The minimum Gasteiger partial charge on any atom is -0.274 e. The molecule has 3 atom stereocenters. The summed E-state index contributed by atoms with van der Waals surface area (Å²) >= 11 is 0. The summed E-state index contributed by atoms with van der Waals surface area (Å²) in [6, 6.07) is 0. The van der Waals surface area contributed by atoms with Crippen LogP contribution in [-0.4, -0.2) is 19.8 Å². The van der Waals surface area contributed by atoms with Crippen molar-refractivity contribution in [2.24, 2.45) is 17.8 Å². The second-order valence-electron chi connectivity index (χ2n) is 5.38. The van der Waals surface area contributed by atoms with Crippen molar-refractivity contribution in [1.29, 1.82) is 0 Å². The number of rotatable bonds is 2. The van der Waals surface area contributed by atoms with Crippen molar-refractivity contribution in [1.82, 2.24) is 4.72 Å². The molecule has 2 aliphatic carbocycles. The number of hydrogen-bond donors (Lipinski definition) is 1. The minimum absolute atomic E-state index is 0.359. The average Bonchev–Trinajstić information content (AvgIpc) is 2.73. The Balaban J connectivity index is 1.98. The van der Waals surface area contributed by atoms with Crippen LogP contribution >= 0.6 is 0 Å². The van der Waals surface area contributed by atoms with Crippen molar-refractivity contribution in [2.75, 3.05) is 0 Å². The van der Waals surface area contributed by atoms with Crippen molar-refractivity contribution >= 4 is 15.9 Å². The van der Waals surface area contributed by atoms with E-state index >= 15 is 0 Å². The number of sulfonamides is 1. The van der Waals surface area contributed by atoms with Gasteiger partial charge in [0, 0.05) is 5.92 Å². The van der Waals surface area contributed by atoms with Crippen molar-refractivity contribution in [3.63, 3.8) is 0 Å². The molecule has 110 valence electrons. The first-order chi connectivity index (χ1) is 8.71. The van der Waals surface area contributed by atoms with E-state index < -0.39 is 27.4 Å². The molecule has 19 heavy (non-hydrogen) atoms. The van der Waals surface area contributed by atoms with E-state index in [9.17, 15) is 26.4 Å². The lowest BCUT2D eigenvalue weighted by atomic mass is 9.76. The number of alkyl halides is 3. The van der Waals surface area contributed by atoms with Crippen LogP contribution in [0.3, 0.4) is 0 Å². The number of halogens is 3. The quantitative estimate of drug-likeness (QED) is 0.850. The highest BCUT2D eigenvalue weighted by atomic mass is 32.2. The first kappa shape index (κ1) is 14.6. The van der Waals surface area contributed by atoms with Crippen LogP contribution in [0.1, 0.15) is 38.5 Å². The third kappa shape index (κ3) is 3.04. The van der Waals surface area contributed by atoms with Crippen LogP contribution in [0.2, 0.25) is 0 Å². The molecule has 0 radical (unpaired) electrons. The molecule has 2 aliphatic rings. The summed E-state index contributed by atoms with van der Waals surface area (Å²) in [5.41, 5.74) is -5.44. The van der Waals surface area contributed by atoms with Gasteiger partial charge in [0.15, 0.2) is 0 Å². The molecule has 0 aromatic rings. The number of carbonyl (C=O) groups is 1. The van der Waals surface area contributed by atoms with E-state index in [0.717, 1.165) is 30.4 Å². The van der Waals surface area contributed by atoms with Gasteiger partial charge in [0.25, 0.3) is 0 Å². The molecular weight excluding hydrogens is 283 g/mol. The summed E-state index contributed by atoms with van der Waals surface area (Å²) in [7, 11) is -5.57. The Morgan fingerprint density at radius 3 is 2.32 bits per heavy atom. The SMILES string of the molecule is O=C(NS(=O)(=O)C(F)(F)F)C1CCC2CCCC2C1. The molecule has 0 aromatic heterocycles. The Morgan fingerprint density at radius 2 is 1.68 bits per heavy atom. The van der Waals surface area contributed by atoms with Gasteiger partial charge in [0.2, 0.25) is 5.91 Å². The molecule has 0 spiro atoms. The lowest BCUT2D eigenvalue weighted by molar-refractivity contribution is -0.125. The van der Waals surface area contributed by atoms with Crippen LogP contribution in [0, 0.1) is 17.8 Å². The van der Waals surface area contributed by atoms with E-state index in [1.54, 1.807) is 0 Å². The lowest BCUT2D eigenvalue weighted by Crippen LogP contribution is -2.44. The first-order valence-electron chi connectivity index (χ1n) is 6.33. The highest BCUT2D eigenvalue weighted by molar-refractivity contribution is 7.90. The average molecular weight is 299 g/mol. The molecule has 0 aliphatic heterocycles. The van der Waals surface area contributed by atoms with E-state index in [4.69, 9.17) is 0 Å². The molecule has 2 rings (SSSR count). The zero-order valence-corrected chi connectivity index (χ0v) is 11.1. The van der Waals surface area contributed by atoms with Crippen LogP contribution in [-0.2, 0) is 14.8 Å². The molecule has 0 aromatic carbocycles. The summed E-state index contributed by atoms with van der Waals surface area (Å²) in [5, 5.41) is 0. The van der Waals surface area contributed by atoms with Gasteiger partial charge in [-0.05, 0) is 31.1 Å². The minimum atomic E-state index is -5.57. The third-order valence-electron chi connectivity index (χ3n) is 4.20. The number of amides is 1. The van der Waals surface area contributed by atoms with Gasteiger partial charge in [-0.3, -0.25) is 4.79 Å². The van der Waals surface area contributed by atoms with Gasteiger partial charge >= 0.3 is 15.5 Å². The van der Waals surface area contributed by atoms with Gasteiger partial charge in [0.05, 0.1) is 0 Å². The largest absolute Gasteiger partial charge is 0.516 e. The summed E-state index contributed by atoms with van der Waals surface area (Å²) in [6.45, 7) is 0. The predicted octanol–water partition coefficient (Wildman–Crippen LogP) is 2.17. The first-order valence-corrected chi connectivity index (χ1v) is 7.82. The van der Waals surface area contributed by atoms with Crippen LogP contribution in [0.25, 0.3) is 0 Å². The molecule has 1 N–H and O–H groups in total. The maximum absolute atomic E-state index is 12.2. The van der Waals surface area contributed by atoms with Gasteiger partial charge in [-0.15, -0.1) is 0 Å². The van der Waals surface area contributed by atoms with Gasteiger partial charge in [0.1, 0.15) is 0 Å². The van der Waals surface area contributed by atoms with Crippen LogP contribution in [0.4, 0.5) is 13.2 Å². The molecular formula is C11H16F3NO3S. The van der Waals surface area contributed by atoms with Crippen LogP contribution in [0.15, 0.2) is 0 Å². The van der Waals surface area contributed by atoms with Gasteiger partial charge in [-0.2, -0.15) is 21.6 Å². The number of carbonyl (C=O) groups excluding carboxylic acids is 1. The summed E-state index contributed by atoms with van der Waals surface area (Å²) in [6.07, 6.45) is 4.96. The number of fused-ring (bicyclic) bond motifs is 1. The molecule has 0 heterocycles. The van der Waals surface area contributed by atoms with Gasteiger partial charge < -0.3 is 0 Å². The number of nitrogens with one attached hydrogen (secondary N) is 1. The second kappa shape index (κ2) is 4.96. The maximum atomic E-state index is 12.2. The maximum Gasteiger partial charge on any atom is 0.516 e. The molecule has 0 saturated heterocycles. The fourth-order valence-corrected chi connectivity index (χ4v) is 3.76. The molecule has 0 bridgehead atoms. The lowest BCUT2D eigenvalue weighted by Gasteiger charge is -2.30. The zero-order valence-electron chi connectivity index (χ0n) is 10.2. The smallest absolute Gasteiger partial charge is 0.274 e. The van der Waals surface area contributed by atoms with Crippen molar-refractivity contribution in [3.05, 3.63) is 0 Å². The molecule has 1 amide bonds. The highest BCUT2D eigenvalue weighted by Crippen LogP contribution is 2.44. The zero-order chi connectivity index (χ0) is 14.3. The Bertz CT molecular complexity index is 460. The molecule has 2 saturated carbocycles. The summed E-state index contributed by atoms with van der Waals surface area (Å²) < 4.78 is 59.4. The van der Waals surface area contributed by atoms with Crippen LogP contribution in [0.5, 0.6) is 0 Å². The number of hydrogen-bond acceptors (Lipinski definition) is 3. The van der Waals surface area contributed by atoms with Crippen molar-refractivity contribution in [2.45, 2.75) is 44.0 Å². The Kier molecular flexibility index (Phi) is 3.81. The van der Waals surface area contributed by atoms with Crippen molar-refractivity contribution in [3.8, 4) is 0 Å².